The topological polar surface area (TPSA) is 29.1 Å². The molecule has 1 aliphatic carbocycles. The number of halogens is 1. The standard InChI is InChI=1S/C25H22BrNO/c1-17-4-2-3-5-24(17)27-25(28)20-9-6-18(7-10-20)14-19-8-11-22-16-23(26)13-12-21(22)15-19/h2-7,9-10,12-13,15-16H,8,11,14H2,1H3,(H,27,28). The van der Waals surface area contributed by atoms with Crippen LogP contribution < -0.4 is 5.32 Å². The fourth-order valence-electron chi connectivity index (χ4n) is 3.60. The largest absolute Gasteiger partial charge is 0.322 e. The third-order valence-electron chi connectivity index (χ3n) is 5.22. The lowest BCUT2D eigenvalue weighted by atomic mass is 9.89. The molecule has 0 atom stereocenters. The molecule has 2 nitrogen and oxygen atoms in total. The van der Waals surface area contributed by atoms with E-state index in [1.54, 1.807) is 0 Å². The van der Waals surface area contributed by atoms with Crippen LogP contribution in [0.5, 0.6) is 0 Å². The molecule has 0 aromatic heterocycles. The minimum Gasteiger partial charge on any atom is -0.322 e. The van der Waals surface area contributed by atoms with Gasteiger partial charge in [0, 0.05) is 15.7 Å². The average molecular weight is 432 g/mol. The number of carbonyl (C=O) groups is 1. The molecule has 0 bridgehead atoms. The lowest BCUT2D eigenvalue weighted by Gasteiger charge is -2.17. The number of allylic oxidation sites excluding steroid dienone is 1. The van der Waals surface area contributed by atoms with Gasteiger partial charge < -0.3 is 5.32 Å². The monoisotopic (exact) mass is 431 g/mol. The summed E-state index contributed by atoms with van der Waals surface area (Å²) in [4.78, 5) is 12.5. The van der Waals surface area contributed by atoms with Crippen LogP contribution in [-0.4, -0.2) is 5.91 Å². The molecule has 3 aromatic rings. The highest BCUT2D eigenvalue weighted by Crippen LogP contribution is 2.28. The molecule has 0 radical (unpaired) electrons. The van der Waals surface area contributed by atoms with Gasteiger partial charge in [-0.2, -0.15) is 0 Å². The van der Waals surface area contributed by atoms with Crippen molar-refractivity contribution in [2.75, 3.05) is 5.32 Å². The van der Waals surface area contributed by atoms with E-state index >= 15 is 0 Å². The first-order valence-electron chi connectivity index (χ1n) is 9.52. The quantitative estimate of drug-likeness (QED) is 0.496. The fourth-order valence-corrected chi connectivity index (χ4v) is 4.01. The summed E-state index contributed by atoms with van der Waals surface area (Å²) in [5.41, 5.74) is 7.99. The number of anilines is 1. The van der Waals surface area contributed by atoms with Crippen LogP contribution in [-0.2, 0) is 12.8 Å². The molecule has 1 aliphatic rings. The summed E-state index contributed by atoms with van der Waals surface area (Å²) in [7, 11) is 0. The summed E-state index contributed by atoms with van der Waals surface area (Å²) in [6.07, 6.45) is 5.40. The first-order valence-corrected chi connectivity index (χ1v) is 10.3. The van der Waals surface area contributed by atoms with E-state index in [0.29, 0.717) is 5.56 Å². The summed E-state index contributed by atoms with van der Waals surface area (Å²) in [5.74, 6) is -0.0720. The van der Waals surface area contributed by atoms with Crippen LogP contribution in [0.2, 0.25) is 0 Å². The maximum atomic E-state index is 12.5. The van der Waals surface area contributed by atoms with Gasteiger partial charge >= 0.3 is 0 Å². The second-order valence-corrected chi connectivity index (χ2v) is 8.20. The van der Waals surface area contributed by atoms with Gasteiger partial charge in [-0.05, 0) is 78.8 Å². The van der Waals surface area contributed by atoms with Crippen molar-refractivity contribution in [2.45, 2.75) is 26.2 Å². The Kier molecular flexibility index (Phi) is 5.45. The Morgan fingerprint density at radius 1 is 1.00 bits per heavy atom. The highest BCUT2D eigenvalue weighted by molar-refractivity contribution is 9.10. The fraction of sp³-hybridized carbons (Fsp3) is 0.160. The molecular formula is C25H22BrNO. The molecule has 4 rings (SSSR count). The number of para-hydroxylation sites is 1. The predicted molar refractivity (Wildman–Crippen MR) is 120 cm³/mol. The third kappa shape index (κ3) is 4.26. The first kappa shape index (κ1) is 18.7. The van der Waals surface area contributed by atoms with Crippen molar-refractivity contribution in [2.24, 2.45) is 0 Å². The van der Waals surface area contributed by atoms with E-state index in [9.17, 15) is 4.79 Å². The van der Waals surface area contributed by atoms with Gasteiger partial charge in [0.05, 0.1) is 0 Å². The van der Waals surface area contributed by atoms with Crippen molar-refractivity contribution in [1.29, 1.82) is 0 Å². The molecule has 0 unspecified atom stereocenters. The summed E-state index contributed by atoms with van der Waals surface area (Å²) >= 11 is 3.55. The second kappa shape index (κ2) is 8.15. The highest BCUT2D eigenvalue weighted by atomic mass is 79.9. The van der Waals surface area contributed by atoms with Crippen LogP contribution >= 0.6 is 15.9 Å². The van der Waals surface area contributed by atoms with E-state index in [1.807, 2.05) is 43.3 Å². The van der Waals surface area contributed by atoms with Gasteiger partial charge in [-0.25, -0.2) is 0 Å². The van der Waals surface area contributed by atoms with Gasteiger partial charge in [0.25, 0.3) is 5.91 Å². The van der Waals surface area contributed by atoms with Crippen LogP contribution in [0, 0.1) is 6.92 Å². The normalized spacial score (nSPS) is 12.9. The number of aryl methyl sites for hydroxylation is 2. The van der Waals surface area contributed by atoms with E-state index in [4.69, 9.17) is 0 Å². The zero-order valence-electron chi connectivity index (χ0n) is 15.8. The van der Waals surface area contributed by atoms with E-state index in [2.05, 4.69) is 57.7 Å². The summed E-state index contributed by atoms with van der Waals surface area (Å²) in [6.45, 7) is 1.99. The van der Waals surface area contributed by atoms with Gasteiger partial charge in [0.15, 0.2) is 0 Å². The average Bonchev–Trinajstić information content (AvgIpc) is 2.70. The first-order chi connectivity index (χ1) is 13.6. The molecule has 0 fully saturated rings. The Labute approximate surface area is 174 Å². The summed E-state index contributed by atoms with van der Waals surface area (Å²) < 4.78 is 1.14. The molecule has 0 aliphatic heterocycles. The molecule has 1 N–H and O–H groups in total. The van der Waals surface area contributed by atoms with E-state index < -0.39 is 0 Å². The molecule has 1 amide bonds. The van der Waals surface area contributed by atoms with Gasteiger partial charge in [-0.1, -0.05) is 64.0 Å². The van der Waals surface area contributed by atoms with Crippen molar-refractivity contribution >= 4 is 33.6 Å². The van der Waals surface area contributed by atoms with Crippen molar-refractivity contribution in [3.63, 3.8) is 0 Å². The zero-order chi connectivity index (χ0) is 19.5. The number of rotatable bonds is 4. The highest BCUT2D eigenvalue weighted by Gasteiger charge is 2.12. The molecule has 0 saturated heterocycles. The van der Waals surface area contributed by atoms with Gasteiger partial charge in [0.1, 0.15) is 0 Å². The Bertz CT molecular complexity index is 1050. The second-order valence-electron chi connectivity index (χ2n) is 7.29. The minimum atomic E-state index is -0.0720. The van der Waals surface area contributed by atoms with Crippen molar-refractivity contribution in [1.82, 2.24) is 0 Å². The zero-order valence-corrected chi connectivity index (χ0v) is 17.4. The number of benzene rings is 3. The van der Waals surface area contributed by atoms with Gasteiger partial charge in [-0.15, -0.1) is 0 Å². The summed E-state index contributed by atoms with van der Waals surface area (Å²) in [5, 5.41) is 2.99. The number of nitrogens with one attached hydrogen (secondary N) is 1. The van der Waals surface area contributed by atoms with Crippen LogP contribution in [0.3, 0.4) is 0 Å². The predicted octanol–water partition coefficient (Wildman–Crippen LogP) is 6.58. The molecule has 3 heteroatoms. The van der Waals surface area contributed by atoms with Crippen LogP contribution in [0.1, 0.15) is 39.0 Å². The van der Waals surface area contributed by atoms with E-state index in [1.165, 1.54) is 22.3 Å². The minimum absolute atomic E-state index is 0.0720. The molecule has 140 valence electrons. The molecule has 3 aromatic carbocycles. The molecule has 28 heavy (non-hydrogen) atoms. The Hall–Kier alpha value is -2.65. The smallest absolute Gasteiger partial charge is 0.255 e. The number of fused-ring (bicyclic) bond motifs is 1. The number of hydrogen-bond donors (Lipinski definition) is 1. The SMILES string of the molecule is Cc1ccccc1NC(=O)c1ccc(CC2=Cc3ccc(Br)cc3CC2)cc1. The van der Waals surface area contributed by atoms with Crippen molar-refractivity contribution < 1.29 is 4.79 Å². The Morgan fingerprint density at radius 2 is 1.79 bits per heavy atom. The molecule has 0 spiro atoms. The van der Waals surface area contributed by atoms with Crippen LogP contribution in [0.25, 0.3) is 6.08 Å². The maximum Gasteiger partial charge on any atom is 0.255 e. The summed E-state index contributed by atoms with van der Waals surface area (Å²) in [6, 6.07) is 22.3. The van der Waals surface area contributed by atoms with Crippen molar-refractivity contribution in [3.8, 4) is 0 Å². The number of carbonyl (C=O) groups excluding carboxylic acids is 1. The lowest BCUT2D eigenvalue weighted by Crippen LogP contribution is -2.12. The maximum absolute atomic E-state index is 12.5. The van der Waals surface area contributed by atoms with E-state index in [-0.39, 0.29) is 5.91 Å². The number of hydrogen-bond acceptors (Lipinski definition) is 1. The van der Waals surface area contributed by atoms with Crippen LogP contribution in [0.15, 0.2) is 76.8 Å². The molecular weight excluding hydrogens is 410 g/mol. The lowest BCUT2D eigenvalue weighted by molar-refractivity contribution is 0.102. The Morgan fingerprint density at radius 3 is 2.57 bits per heavy atom. The third-order valence-corrected chi connectivity index (χ3v) is 5.71. The number of amides is 1. The Balaban J connectivity index is 1.44. The molecule has 0 heterocycles. The van der Waals surface area contributed by atoms with E-state index in [0.717, 1.165) is 35.0 Å². The van der Waals surface area contributed by atoms with Gasteiger partial charge in [-0.3, -0.25) is 4.79 Å². The van der Waals surface area contributed by atoms with Gasteiger partial charge in [0.2, 0.25) is 0 Å². The van der Waals surface area contributed by atoms with Crippen molar-refractivity contribution in [3.05, 3.63) is 105 Å². The molecule has 0 saturated carbocycles. The van der Waals surface area contributed by atoms with Crippen LogP contribution in [0.4, 0.5) is 5.69 Å².